The van der Waals surface area contributed by atoms with Gasteiger partial charge in [0.1, 0.15) is 5.75 Å². The Morgan fingerprint density at radius 3 is 2.48 bits per heavy atom. The van der Waals surface area contributed by atoms with Gasteiger partial charge in [0.05, 0.1) is 18.6 Å². The second kappa shape index (κ2) is 8.58. The zero-order valence-corrected chi connectivity index (χ0v) is 15.9. The summed E-state index contributed by atoms with van der Waals surface area (Å²) < 4.78 is 11.2. The van der Waals surface area contributed by atoms with E-state index in [1.165, 1.54) is 0 Å². The number of benzene rings is 1. The lowest BCUT2D eigenvalue weighted by Crippen LogP contribution is -2.28. The molecule has 0 atom stereocenters. The molecule has 0 aromatic heterocycles. The smallest absolute Gasteiger partial charge is 0.311 e. The molecule has 0 fully saturated rings. The van der Waals surface area contributed by atoms with Gasteiger partial charge >= 0.3 is 5.97 Å². The van der Waals surface area contributed by atoms with Crippen LogP contribution in [-0.2, 0) is 9.53 Å². The van der Waals surface area contributed by atoms with Crippen LogP contribution in [0.2, 0.25) is 5.02 Å². The van der Waals surface area contributed by atoms with E-state index in [0.717, 1.165) is 34.7 Å². The van der Waals surface area contributed by atoms with Gasteiger partial charge in [-0.3, -0.25) is 4.79 Å². The first-order valence-electron chi connectivity index (χ1n) is 8.20. The number of hydrogen-bond donors (Lipinski definition) is 0. The van der Waals surface area contributed by atoms with E-state index in [1.54, 1.807) is 0 Å². The average molecular weight is 341 g/mol. The van der Waals surface area contributed by atoms with E-state index >= 15 is 0 Å². The van der Waals surface area contributed by atoms with Crippen molar-refractivity contribution < 1.29 is 14.3 Å². The van der Waals surface area contributed by atoms with Crippen molar-refractivity contribution in [1.29, 1.82) is 0 Å². The van der Waals surface area contributed by atoms with Crippen LogP contribution in [0, 0.1) is 25.2 Å². The van der Waals surface area contributed by atoms with Crippen LogP contribution in [-0.4, -0.2) is 19.2 Å². The molecule has 0 spiro atoms. The predicted octanol–water partition coefficient (Wildman–Crippen LogP) is 5.34. The van der Waals surface area contributed by atoms with E-state index in [2.05, 4.69) is 0 Å². The van der Waals surface area contributed by atoms with Crippen molar-refractivity contribution in [3.63, 3.8) is 0 Å². The van der Waals surface area contributed by atoms with E-state index in [0.29, 0.717) is 19.1 Å². The van der Waals surface area contributed by atoms with Gasteiger partial charge in [0.15, 0.2) is 0 Å². The summed E-state index contributed by atoms with van der Waals surface area (Å²) in [6.45, 7) is 12.9. The quantitative estimate of drug-likeness (QED) is 0.473. The second-order valence-corrected chi connectivity index (χ2v) is 7.60. The van der Waals surface area contributed by atoms with E-state index in [1.807, 2.05) is 53.7 Å². The minimum absolute atomic E-state index is 0.135. The highest BCUT2D eigenvalue weighted by Crippen LogP contribution is 2.28. The zero-order chi connectivity index (χ0) is 17.6. The number of aryl methyl sites for hydroxylation is 2. The number of ether oxygens (including phenoxy) is 2. The Bertz CT molecular complexity index is 536. The van der Waals surface area contributed by atoms with Gasteiger partial charge in [-0.1, -0.05) is 25.4 Å². The van der Waals surface area contributed by atoms with E-state index in [9.17, 15) is 4.79 Å². The Hall–Kier alpha value is -1.22. The van der Waals surface area contributed by atoms with Gasteiger partial charge < -0.3 is 9.47 Å². The van der Waals surface area contributed by atoms with E-state index in [-0.39, 0.29) is 5.97 Å². The number of halogens is 1. The molecule has 1 rings (SSSR count). The third-order valence-corrected chi connectivity index (χ3v) is 4.17. The van der Waals surface area contributed by atoms with Crippen LogP contribution in [0.25, 0.3) is 0 Å². The second-order valence-electron chi connectivity index (χ2n) is 7.20. The molecule has 0 saturated carbocycles. The van der Waals surface area contributed by atoms with E-state index < -0.39 is 5.41 Å². The third-order valence-electron chi connectivity index (χ3n) is 3.76. The van der Waals surface area contributed by atoms with Gasteiger partial charge in [-0.25, -0.2) is 0 Å². The Balaban J connectivity index is 2.44. The molecule has 0 aliphatic rings. The molecule has 0 saturated heterocycles. The maximum atomic E-state index is 12.1. The highest BCUT2D eigenvalue weighted by atomic mass is 35.5. The molecule has 0 aliphatic heterocycles. The van der Waals surface area contributed by atoms with Crippen LogP contribution >= 0.6 is 11.6 Å². The summed E-state index contributed by atoms with van der Waals surface area (Å²) in [7, 11) is 0. The fraction of sp³-hybridized carbons (Fsp3) is 0.632. The summed E-state index contributed by atoms with van der Waals surface area (Å²) in [6, 6.07) is 3.87. The number of rotatable bonds is 8. The van der Waals surface area contributed by atoms with Crippen molar-refractivity contribution in [2.75, 3.05) is 13.2 Å². The molecule has 3 nitrogen and oxygen atoms in total. The summed E-state index contributed by atoms with van der Waals surface area (Å²) in [5.41, 5.74) is 1.55. The number of hydrogen-bond acceptors (Lipinski definition) is 3. The van der Waals surface area contributed by atoms with Crippen LogP contribution in [0.3, 0.4) is 0 Å². The topological polar surface area (TPSA) is 35.5 Å². The van der Waals surface area contributed by atoms with E-state index in [4.69, 9.17) is 21.1 Å². The van der Waals surface area contributed by atoms with Crippen molar-refractivity contribution in [3.05, 3.63) is 28.3 Å². The molecule has 4 heteroatoms. The molecule has 130 valence electrons. The molecule has 0 bridgehead atoms. The normalized spacial score (nSPS) is 11.7. The van der Waals surface area contributed by atoms with Crippen molar-refractivity contribution >= 4 is 17.6 Å². The van der Waals surface area contributed by atoms with Crippen LogP contribution in [0.1, 0.15) is 51.7 Å². The minimum Gasteiger partial charge on any atom is -0.493 e. The maximum absolute atomic E-state index is 12.1. The molecule has 0 unspecified atom stereocenters. The first-order chi connectivity index (χ1) is 10.6. The Morgan fingerprint density at radius 2 is 1.87 bits per heavy atom. The molecule has 0 amide bonds. The first kappa shape index (κ1) is 19.8. The Morgan fingerprint density at radius 1 is 1.22 bits per heavy atom. The largest absolute Gasteiger partial charge is 0.493 e. The van der Waals surface area contributed by atoms with Crippen molar-refractivity contribution in [3.8, 4) is 5.75 Å². The van der Waals surface area contributed by atoms with Gasteiger partial charge in [-0.05, 0) is 69.7 Å². The summed E-state index contributed by atoms with van der Waals surface area (Å²) in [4.78, 5) is 12.1. The van der Waals surface area contributed by atoms with Crippen molar-refractivity contribution in [2.24, 2.45) is 11.3 Å². The minimum atomic E-state index is -0.483. The molecule has 23 heavy (non-hydrogen) atoms. The van der Waals surface area contributed by atoms with Gasteiger partial charge in [-0.15, -0.1) is 0 Å². The third kappa shape index (κ3) is 6.42. The van der Waals surface area contributed by atoms with Gasteiger partial charge in [-0.2, -0.15) is 0 Å². The number of carbonyl (C=O) groups excluding carboxylic acids is 1. The maximum Gasteiger partial charge on any atom is 0.311 e. The summed E-state index contributed by atoms with van der Waals surface area (Å²) in [5, 5.41) is 0.754. The van der Waals surface area contributed by atoms with Gasteiger partial charge in [0, 0.05) is 5.02 Å². The predicted molar refractivity (Wildman–Crippen MR) is 95.2 cm³/mol. The van der Waals surface area contributed by atoms with Crippen molar-refractivity contribution in [1.82, 2.24) is 0 Å². The summed E-state index contributed by atoms with van der Waals surface area (Å²) in [6.07, 6.45) is 1.53. The molecule has 0 radical (unpaired) electrons. The van der Waals surface area contributed by atoms with Gasteiger partial charge in [0.2, 0.25) is 0 Å². The lowest BCUT2D eigenvalue weighted by Gasteiger charge is -2.23. The summed E-state index contributed by atoms with van der Waals surface area (Å²) >= 11 is 6.09. The number of carbonyl (C=O) groups is 1. The molecule has 0 aliphatic carbocycles. The molecule has 1 aromatic carbocycles. The van der Waals surface area contributed by atoms with Crippen LogP contribution < -0.4 is 4.74 Å². The fourth-order valence-electron chi connectivity index (χ4n) is 2.15. The molecule has 0 heterocycles. The summed E-state index contributed by atoms with van der Waals surface area (Å²) in [5.74, 6) is 1.08. The van der Waals surface area contributed by atoms with Crippen molar-refractivity contribution in [2.45, 2.75) is 54.4 Å². The molecular formula is C19H29ClO3. The standard InChI is InChI=1S/C19H29ClO3/c1-13(2)12-23-18(21)19(5,6)8-7-9-22-17-11-14(3)16(20)10-15(17)4/h10-11,13H,7-9,12H2,1-6H3. The molecule has 1 aromatic rings. The molecular weight excluding hydrogens is 312 g/mol. The lowest BCUT2D eigenvalue weighted by atomic mass is 9.88. The Kier molecular flexibility index (Phi) is 7.40. The highest BCUT2D eigenvalue weighted by Gasteiger charge is 2.29. The SMILES string of the molecule is Cc1cc(OCCCC(C)(C)C(=O)OCC(C)C)c(C)cc1Cl. The Labute approximate surface area is 145 Å². The molecule has 0 N–H and O–H groups in total. The monoisotopic (exact) mass is 340 g/mol. The zero-order valence-electron chi connectivity index (χ0n) is 15.2. The first-order valence-corrected chi connectivity index (χ1v) is 8.58. The van der Waals surface area contributed by atoms with Crippen LogP contribution in [0.5, 0.6) is 5.75 Å². The average Bonchev–Trinajstić information content (AvgIpc) is 2.45. The fourth-order valence-corrected chi connectivity index (χ4v) is 2.36. The van der Waals surface area contributed by atoms with Gasteiger partial charge in [0.25, 0.3) is 0 Å². The number of esters is 1. The van der Waals surface area contributed by atoms with Crippen LogP contribution in [0.4, 0.5) is 0 Å². The van der Waals surface area contributed by atoms with Crippen LogP contribution in [0.15, 0.2) is 12.1 Å². The lowest BCUT2D eigenvalue weighted by molar-refractivity contribution is -0.155. The highest BCUT2D eigenvalue weighted by molar-refractivity contribution is 6.31.